The SMILES string of the molecule is CC(C)(C)OC(=O)NCc1cccc(Nc2cccc(Cl)c2)c1. The summed E-state index contributed by atoms with van der Waals surface area (Å²) < 4.78 is 5.22. The lowest BCUT2D eigenvalue weighted by Gasteiger charge is -2.19. The molecule has 0 atom stereocenters. The van der Waals surface area contributed by atoms with Gasteiger partial charge in [0.15, 0.2) is 0 Å². The number of rotatable bonds is 4. The van der Waals surface area contributed by atoms with Crippen LogP contribution >= 0.6 is 11.6 Å². The van der Waals surface area contributed by atoms with Gasteiger partial charge in [-0.15, -0.1) is 0 Å². The molecule has 0 aliphatic carbocycles. The Morgan fingerprint density at radius 1 is 1.09 bits per heavy atom. The van der Waals surface area contributed by atoms with E-state index in [-0.39, 0.29) is 0 Å². The minimum absolute atomic E-state index is 0.403. The maximum Gasteiger partial charge on any atom is 0.407 e. The number of halogens is 1. The largest absolute Gasteiger partial charge is 0.444 e. The van der Waals surface area contributed by atoms with E-state index in [4.69, 9.17) is 16.3 Å². The third kappa shape index (κ3) is 6.20. The molecular weight excluding hydrogens is 312 g/mol. The van der Waals surface area contributed by atoms with Crippen molar-refractivity contribution in [2.24, 2.45) is 0 Å². The van der Waals surface area contributed by atoms with Crippen molar-refractivity contribution in [3.05, 3.63) is 59.1 Å². The Hall–Kier alpha value is -2.20. The number of nitrogens with one attached hydrogen (secondary N) is 2. The van der Waals surface area contributed by atoms with E-state index in [1.54, 1.807) is 0 Å². The molecule has 0 bridgehead atoms. The van der Waals surface area contributed by atoms with Gasteiger partial charge in [-0.3, -0.25) is 0 Å². The van der Waals surface area contributed by atoms with Crippen LogP contribution in [0.15, 0.2) is 48.5 Å². The monoisotopic (exact) mass is 332 g/mol. The number of benzene rings is 2. The van der Waals surface area contributed by atoms with Gasteiger partial charge in [-0.1, -0.05) is 29.8 Å². The summed E-state index contributed by atoms with van der Waals surface area (Å²) in [5.74, 6) is 0. The molecule has 0 saturated heterocycles. The van der Waals surface area contributed by atoms with Crippen LogP contribution in [0.3, 0.4) is 0 Å². The van der Waals surface area contributed by atoms with Crippen LogP contribution in [-0.2, 0) is 11.3 Å². The summed E-state index contributed by atoms with van der Waals surface area (Å²) in [5.41, 5.74) is 2.31. The maximum absolute atomic E-state index is 11.7. The second kappa shape index (κ2) is 7.38. The first-order valence-corrected chi connectivity index (χ1v) is 7.78. The van der Waals surface area contributed by atoms with E-state index < -0.39 is 11.7 Å². The van der Waals surface area contributed by atoms with E-state index in [9.17, 15) is 4.79 Å². The van der Waals surface area contributed by atoms with Crippen molar-refractivity contribution in [1.29, 1.82) is 0 Å². The fourth-order valence-corrected chi connectivity index (χ4v) is 2.17. The fraction of sp³-hybridized carbons (Fsp3) is 0.278. The smallest absolute Gasteiger partial charge is 0.407 e. The first-order chi connectivity index (χ1) is 10.8. The summed E-state index contributed by atoms with van der Waals surface area (Å²) in [5, 5.41) is 6.71. The van der Waals surface area contributed by atoms with Crippen molar-refractivity contribution < 1.29 is 9.53 Å². The van der Waals surface area contributed by atoms with Gasteiger partial charge in [0.25, 0.3) is 0 Å². The lowest BCUT2D eigenvalue weighted by atomic mass is 10.2. The van der Waals surface area contributed by atoms with Crippen LogP contribution in [-0.4, -0.2) is 11.7 Å². The van der Waals surface area contributed by atoms with Crippen LogP contribution in [0.5, 0.6) is 0 Å². The zero-order chi connectivity index (χ0) is 16.9. The van der Waals surface area contributed by atoms with Crippen molar-refractivity contribution in [2.75, 3.05) is 5.32 Å². The average molecular weight is 333 g/mol. The van der Waals surface area contributed by atoms with E-state index in [0.29, 0.717) is 11.6 Å². The molecule has 4 nitrogen and oxygen atoms in total. The minimum atomic E-state index is -0.500. The third-order valence-electron chi connectivity index (χ3n) is 2.88. The van der Waals surface area contributed by atoms with Gasteiger partial charge >= 0.3 is 6.09 Å². The molecule has 2 aromatic rings. The third-order valence-corrected chi connectivity index (χ3v) is 3.11. The molecule has 5 heteroatoms. The van der Waals surface area contributed by atoms with Crippen LogP contribution in [0, 0.1) is 0 Å². The minimum Gasteiger partial charge on any atom is -0.444 e. The van der Waals surface area contributed by atoms with Crippen molar-refractivity contribution in [2.45, 2.75) is 32.9 Å². The second-order valence-corrected chi connectivity index (χ2v) is 6.63. The summed E-state index contributed by atoms with van der Waals surface area (Å²) in [4.78, 5) is 11.7. The molecule has 0 aliphatic heterocycles. The lowest BCUT2D eigenvalue weighted by molar-refractivity contribution is 0.0523. The highest BCUT2D eigenvalue weighted by atomic mass is 35.5. The molecule has 2 aromatic carbocycles. The summed E-state index contributed by atoms with van der Waals surface area (Å²) in [6.45, 7) is 5.91. The summed E-state index contributed by atoms with van der Waals surface area (Å²) >= 11 is 5.98. The number of carbonyl (C=O) groups is 1. The number of alkyl carbamates (subject to hydrolysis) is 1. The molecule has 122 valence electrons. The molecule has 2 N–H and O–H groups in total. The van der Waals surface area contributed by atoms with Gasteiger partial charge < -0.3 is 15.4 Å². The Labute approximate surface area is 141 Å². The van der Waals surface area contributed by atoms with Crippen molar-refractivity contribution in [1.82, 2.24) is 5.32 Å². The number of anilines is 2. The zero-order valence-electron chi connectivity index (χ0n) is 13.5. The molecule has 0 fully saturated rings. The van der Waals surface area contributed by atoms with Gasteiger partial charge in [-0.2, -0.15) is 0 Å². The summed E-state index contributed by atoms with van der Waals surface area (Å²) in [7, 11) is 0. The molecular formula is C18H21ClN2O2. The van der Waals surface area contributed by atoms with Crippen LogP contribution in [0.1, 0.15) is 26.3 Å². The van der Waals surface area contributed by atoms with E-state index >= 15 is 0 Å². The fourth-order valence-electron chi connectivity index (χ4n) is 1.98. The van der Waals surface area contributed by atoms with Gasteiger partial charge in [-0.05, 0) is 56.7 Å². The van der Waals surface area contributed by atoms with E-state index in [1.807, 2.05) is 69.3 Å². The number of amides is 1. The molecule has 0 saturated carbocycles. The van der Waals surface area contributed by atoms with Gasteiger partial charge in [0, 0.05) is 22.9 Å². The standard InChI is InChI=1S/C18H21ClN2O2/c1-18(2,3)23-17(22)20-12-13-6-4-8-15(10-13)21-16-9-5-7-14(19)11-16/h4-11,21H,12H2,1-3H3,(H,20,22). The van der Waals surface area contributed by atoms with E-state index in [0.717, 1.165) is 16.9 Å². The molecule has 23 heavy (non-hydrogen) atoms. The highest BCUT2D eigenvalue weighted by molar-refractivity contribution is 6.30. The normalized spacial score (nSPS) is 11.0. The molecule has 2 rings (SSSR count). The highest BCUT2D eigenvalue weighted by Crippen LogP contribution is 2.20. The maximum atomic E-state index is 11.7. The average Bonchev–Trinajstić information content (AvgIpc) is 2.44. The Morgan fingerprint density at radius 2 is 1.74 bits per heavy atom. The Kier molecular flexibility index (Phi) is 5.50. The van der Waals surface area contributed by atoms with Gasteiger partial charge in [0.1, 0.15) is 5.60 Å². The quantitative estimate of drug-likeness (QED) is 0.818. The highest BCUT2D eigenvalue weighted by Gasteiger charge is 2.15. The van der Waals surface area contributed by atoms with E-state index in [1.165, 1.54) is 0 Å². The summed E-state index contributed by atoms with van der Waals surface area (Å²) in [6, 6.07) is 15.3. The lowest BCUT2D eigenvalue weighted by Crippen LogP contribution is -2.32. The topological polar surface area (TPSA) is 50.4 Å². The Bertz CT molecular complexity index is 681. The molecule has 0 aromatic heterocycles. The van der Waals surface area contributed by atoms with Crippen LogP contribution in [0.25, 0.3) is 0 Å². The number of ether oxygens (including phenoxy) is 1. The zero-order valence-corrected chi connectivity index (χ0v) is 14.3. The number of hydrogen-bond acceptors (Lipinski definition) is 3. The molecule has 0 unspecified atom stereocenters. The molecule has 0 heterocycles. The van der Waals surface area contributed by atoms with Gasteiger partial charge in [0.2, 0.25) is 0 Å². The number of hydrogen-bond donors (Lipinski definition) is 2. The predicted molar refractivity (Wildman–Crippen MR) is 94.3 cm³/mol. The van der Waals surface area contributed by atoms with E-state index in [2.05, 4.69) is 10.6 Å². The predicted octanol–water partition coefficient (Wildman–Crippen LogP) is 5.11. The molecule has 0 spiro atoms. The van der Waals surface area contributed by atoms with Crippen molar-refractivity contribution >= 4 is 29.1 Å². The second-order valence-electron chi connectivity index (χ2n) is 6.19. The van der Waals surface area contributed by atoms with Gasteiger partial charge in [-0.25, -0.2) is 4.79 Å². The number of carbonyl (C=O) groups excluding carboxylic acids is 1. The molecule has 1 amide bonds. The molecule has 0 radical (unpaired) electrons. The first-order valence-electron chi connectivity index (χ1n) is 7.40. The first kappa shape index (κ1) is 17.2. The van der Waals surface area contributed by atoms with Crippen LogP contribution in [0.4, 0.5) is 16.2 Å². The summed E-state index contributed by atoms with van der Waals surface area (Å²) in [6.07, 6.45) is -0.425. The van der Waals surface area contributed by atoms with Crippen molar-refractivity contribution in [3.8, 4) is 0 Å². The molecule has 0 aliphatic rings. The Balaban J connectivity index is 1.96. The van der Waals surface area contributed by atoms with Gasteiger partial charge in [0.05, 0.1) is 0 Å². The van der Waals surface area contributed by atoms with Crippen molar-refractivity contribution in [3.63, 3.8) is 0 Å². The van der Waals surface area contributed by atoms with Crippen LogP contribution in [0.2, 0.25) is 5.02 Å². The Morgan fingerprint density at radius 3 is 2.39 bits per heavy atom. The van der Waals surface area contributed by atoms with Crippen LogP contribution < -0.4 is 10.6 Å².